The van der Waals surface area contributed by atoms with Crippen LogP contribution in [0.5, 0.6) is 0 Å². The first-order valence-electron chi connectivity index (χ1n) is 12.3. The second kappa shape index (κ2) is 7.89. The van der Waals surface area contributed by atoms with E-state index in [1.165, 1.54) is 19.3 Å². The summed E-state index contributed by atoms with van der Waals surface area (Å²) in [6.45, 7) is 11.0. The molecule has 4 fully saturated rings. The van der Waals surface area contributed by atoms with Gasteiger partial charge in [-0.3, -0.25) is 9.59 Å². The molecule has 1 heterocycles. The standard InChI is InChI=1S/C25H41NO3/c1-5-15-26(16-6-2)23(28)20-9-8-18-17-7-10-21-25(4,14-12-22(27)29-21)19(17)11-13-24(18,20)3/h17-21H,5-16H2,1-4H3/t17?,18?,19?,20-,21-,24+,25-/m1/s1. The van der Waals surface area contributed by atoms with Crippen molar-refractivity contribution in [2.24, 2.45) is 34.5 Å². The number of carbonyl (C=O) groups excluding carboxylic acids is 2. The maximum atomic E-state index is 13.5. The van der Waals surface area contributed by atoms with Crippen LogP contribution in [0.15, 0.2) is 0 Å². The number of rotatable bonds is 5. The van der Waals surface area contributed by atoms with E-state index in [1.807, 2.05) is 0 Å². The van der Waals surface area contributed by atoms with E-state index in [1.54, 1.807) is 0 Å². The molecule has 0 aromatic carbocycles. The minimum absolute atomic E-state index is 0.00467. The molecule has 3 aliphatic carbocycles. The van der Waals surface area contributed by atoms with E-state index in [4.69, 9.17) is 4.74 Å². The smallest absolute Gasteiger partial charge is 0.306 e. The lowest BCUT2D eigenvalue weighted by Gasteiger charge is -2.59. The third kappa shape index (κ3) is 3.33. The van der Waals surface area contributed by atoms with Crippen LogP contribution < -0.4 is 0 Å². The Kier molecular flexibility index (Phi) is 5.76. The first kappa shape index (κ1) is 21.2. The van der Waals surface area contributed by atoms with Gasteiger partial charge < -0.3 is 9.64 Å². The monoisotopic (exact) mass is 403 g/mol. The maximum absolute atomic E-state index is 13.5. The third-order valence-electron chi connectivity index (χ3n) is 9.52. The van der Waals surface area contributed by atoms with Gasteiger partial charge in [-0.25, -0.2) is 0 Å². The van der Waals surface area contributed by atoms with Gasteiger partial charge in [-0.05, 0) is 81.0 Å². The van der Waals surface area contributed by atoms with Crippen LogP contribution in [-0.2, 0) is 14.3 Å². The van der Waals surface area contributed by atoms with Gasteiger partial charge in [-0.2, -0.15) is 0 Å². The SMILES string of the molecule is CCCN(CCC)C(=O)[C@H]1CCC2C3CC[C@H]4OC(=O)CC[C@]4(C)C3CC[C@@]21C. The summed E-state index contributed by atoms with van der Waals surface area (Å²) in [6, 6.07) is 0. The van der Waals surface area contributed by atoms with Crippen molar-refractivity contribution in [3.63, 3.8) is 0 Å². The molecule has 4 rings (SSSR count). The summed E-state index contributed by atoms with van der Waals surface area (Å²) >= 11 is 0. The fourth-order valence-corrected chi connectivity index (χ4v) is 8.05. The summed E-state index contributed by atoms with van der Waals surface area (Å²) < 4.78 is 5.82. The molecule has 0 aromatic rings. The highest BCUT2D eigenvalue weighted by molar-refractivity contribution is 5.80. The zero-order valence-corrected chi connectivity index (χ0v) is 19.0. The van der Waals surface area contributed by atoms with Crippen molar-refractivity contribution in [2.45, 2.75) is 98.0 Å². The van der Waals surface area contributed by atoms with E-state index in [2.05, 4.69) is 32.6 Å². The molecule has 0 spiro atoms. The highest BCUT2D eigenvalue weighted by Gasteiger charge is 2.62. The fraction of sp³-hybridized carbons (Fsp3) is 0.920. The zero-order chi connectivity index (χ0) is 20.8. The van der Waals surface area contributed by atoms with E-state index in [9.17, 15) is 9.59 Å². The Balaban J connectivity index is 1.54. The number of amides is 1. The summed E-state index contributed by atoms with van der Waals surface area (Å²) in [5.74, 6) is 2.67. The first-order valence-corrected chi connectivity index (χ1v) is 12.3. The van der Waals surface area contributed by atoms with Crippen LogP contribution in [0.1, 0.15) is 91.9 Å². The Morgan fingerprint density at radius 3 is 2.34 bits per heavy atom. The predicted octanol–water partition coefficient (Wildman–Crippen LogP) is 5.20. The lowest BCUT2D eigenvalue weighted by molar-refractivity contribution is -0.192. The van der Waals surface area contributed by atoms with Gasteiger partial charge in [0.05, 0.1) is 0 Å². The van der Waals surface area contributed by atoms with Gasteiger partial charge in [0.1, 0.15) is 6.10 Å². The zero-order valence-electron chi connectivity index (χ0n) is 19.0. The molecule has 0 aromatic heterocycles. The molecule has 4 nitrogen and oxygen atoms in total. The quantitative estimate of drug-likeness (QED) is 0.593. The van der Waals surface area contributed by atoms with Gasteiger partial charge in [0.2, 0.25) is 5.91 Å². The van der Waals surface area contributed by atoms with Gasteiger partial charge in [-0.15, -0.1) is 0 Å². The maximum Gasteiger partial charge on any atom is 0.306 e. The molecule has 29 heavy (non-hydrogen) atoms. The van der Waals surface area contributed by atoms with Crippen molar-refractivity contribution in [3.05, 3.63) is 0 Å². The van der Waals surface area contributed by atoms with Crippen molar-refractivity contribution < 1.29 is 14.3 Å². The van der Waals surface area contributed by atoms with Crippen LogP contribution in [0, 0.1) is 34.5 Å². The second-order valence-corrected chi connectivity index (χ2v) is 10.9. The number of esters is 1. The van der Waals surface area contributed by atoms with Crippen LogP contribution in [0.2, 0.25) is 0 Å². The number of hydrogen-bond acceptors (Lipinski definition) is 3. The molecule has 3 unspecified atom stereocenters. The van der Waals surface area contributed by atoms with Crippen molar-refractivity contribution in [2.75, 3.05) is 13.1 Å². The van der Waals surface area contributed by atoms with Gasteiger partial charge in [0.15, 0.2) is 0 Å². The number of nitrogens with zero attached hydrogens (tertiary/aromatic N) is 1. The number of ether oxygens (including phenoxy) is 1. The highest BCUT2D eigenvalue weighted by atomic mass is 16.5. The van der Waals surface area contributed by atoms with E-state index >= 15 is 0 Å². The van der Waals surface area contributed by atoms with E-state index in [0.29, 0.717) is 30.1 Å². The summed E-state index contributed by atoms with van der Waals surface area (Å²) in [5, 5.41) is 0. The molecule has 4 aliphatic rings. The largest absolute Gasteiger partial charge is 0.462 e. The molecule has 4 heteroatoms. The average molecular weight is 404 g/mol. The number of hydrogen-bond donors (Lipinski definition) is 0. The van der Waals surface area contributed by atoms with Crippen LogP contribution >= 0.6 is 0 Å². The van der Waals surface area contributed by atoms with Crippen LogP contribution in [0.4, 0.5) is 0 Å². The first-order chi connectivity index (χ1) is 13.8. The lowest BCUT2D eigenvalue weighted by Crippen LogP contribution is -2.57. The molecule has 0 N–H and O–H groups in total. The van der Waals surface area contributed by atoms with Crippen molar-refractivity contribution in [1.29, 1.82) is 0 Å². The number of fused-ring (bicyclic) bond motifs is 5. The summed E-state index contributed by atoms with van der Waals surface area (Å²) in [5.41, 5.74) is 0.309. The average Bonchev–Trinajstić information content (AvgIpc) is 3.05. The molecule has 0 radical (unpaired) electrons. The van der Waals surface area contributed by atoms with Crippen molar-refractivity contribution in [1.82, 2.24) is 4.90 Å². The second-order valence-electron chi connectivity index (χ2n) is 10.9. The molecule has 164 valence electrons. The lowest BCUT2D eigenvalue weighted by atomic mass is 9.47. The summed E-state index contributed by atoms with van der Waals surface area (Å²) in [4.78, 5) is 27.6. The summed E-state index contributed by atoms with van der Waals surface area (Å²) in [6.07, 6.45) is 10.6. The molecule has 0 bridgehead atoms. The molecule has 1 aliphatic heterocycles. The molecular formula is C25H41NO3. The molecule has 1 saturated heterocycles. The Hall–Kier alpha value is -1.06. The van der Waals surface area contributed by atoms with E-state index in [-0.39, 0.29) is 28.8 Å². The Labute approximate surface area is 177 Å². The summed E-state index contributed by atoms with van der Waals surface area (Å²) in [7, 11) is 0. The Morgan fingerprint density at radius 1 is 0.966 bits per heavy atom. The van der Waals surface area contributed by atoms with Crippen molar-refractivity contribution in [3.8, 4) is 0 Å². The Morgan fingerprint density at radius 2 is 1.66 bits per heavy atom. The fourth-order valence-electron chi connectivity index (χ4n) is 8.05. The van der Waals surface area contributed by atoms with Crippen LogP contribution in [-0.4, -0.2) is 36.0 Å². The van der Waals surface area contributed by atoms with Crippen molar-refractivity contribution >= 4 is 11.9 Å². The van der Waals surface area contributed by atoms with Gasteiger partial charge in [0, 0.05) is 30.8 Å². The minimum atomic E-state index is 0.00467. The van der Waals surface area contributed by atoms with Crippen LogP contribution in [0.25, 0.3) is 0 Å². The molecule has 7 atom stereocenters. The van der Waals surface area contributed by atoms with E-state index < -0.39 is 0 Å². The highest BCUT2D eigenvalue weighted by Crippen LogP contribution is 2.66. The van der Waals surface area contributed by atoms with Crippen LogP contribution in [0.3, 0.4) is 0 Å². The minimum Gasteiger partial charge on any atom is -0.462 e. The normalized spacial score (nSPS) is 43.7. The Bertz CT molecular complexity index is 642. The van der Waals surface area contributed by atoms with Gasteiger partial charge in [0.25, 0.3) is 0 Å². The van der Waals surface area contributed by atoms with E-state index in [0.717, 1.165) is 51.6 Å². The number of carbonyl (C=O) groups is 2. The molecule has 1 amide bonds. The molecule has 3 saturated carbocycles. The third-order valence-corrected chi connectivity index (χ3v) is 9.52. The molecular weight excluding hydrogens is 362 g/mol. The predicted molar refractivity (Wildman–Crippen MR) is 114 cm³/mol. The topological polar surface area (TPSA) is 46.6 Å². The van der Waals surface area contributed by atoms with Gasteiger partial charge >= 0.3 is 5.97 Å². The van der Waals surface area contributed by atoms with Gasteiger partial charge in [-0.1, -0.05) is 27.7 Å².